The normalized spacial score (nSPS) is 11.2. The van der Waals surface area contributed by atoms with E-state index >= 15 is 0 Å². The summed E-state index contributed by atoms with van der Waals surface area (Å²) in [6.45, 7) is 0.376. The van der Waals surface area contributed by atoms with Crippen molar-refractivity contribution < 1.29 is 19.1 Å². The highest BCUT2D eigenvalue weighted by Crippen LogP contribution is 2.27. The van der Waals surface area contributed by atoms with Crippen LogP contribution in [0.2, 0.25) is 0 Å². The number of rotatable bonds is 9. The number of fused-ring (bicyclic) bond motifs is 1. The van der Waals surface area contributed by atoms with Gasteiger partial charge in [-0.05, 0) is 48.4 Å². The first-order valence-electron chi connectivity index (χ1n) is 11.2. The van der Waals surface area contributed by atoms with Crippen LogP contribution in [0.4, 0.5) is 0 Å². The fraction of sp³-hybridized carbons (Fsp3) is 0.143. The Bertz CT molecular complexity index is 1360. The number of aromatic nitrogens is 1. The van der Waals surface area contributed by atoms with Crippen molar-refractivity contribution in [2.24, 2.45) is 0 Å². The number of aromatic amines is 1. The number of amides is 2. The Morgan fingerprint density at radius 2 is 1.66 bits per heavy atom. The molecule has 4 rings (SSSR count). The Hall–Kier alpha value is -4.52. The number of para-hydroxylation sites is 1. The van der Waals surface area contributed by atoms with Crippen LogP contribution in [0, 0.1) is 0 Å². The van der Waals surface area contributed by atoms with E-state index in [9.17, 15) is 9.59 Å². The van der Waals surface area contributed by atoms with Crippen LogP contribution in [0.25, 0.3) is 17.0 Å². The predicted octanol–water partition coefficient (Wildman–Crippen LogP) is 4.31. The van der Waals surface area contributed by atoms with Crippen molar-refractivity contribution in [3.63, 3.8) is 0 Å². The Morgan fingerprint density at radius 1 is 0.914 bits per heavy atom. The highest BCUT2D eigenvalue weighted by atomic mass is 16.5. The second-order valence-electron chi connectivity index (χ2n) is 7.86. The molecule has 35 heavy (non-hydrogen) atoms. The van der Waals surface area contributed by atoms with Crippen molar-refractivity contribution >= 4 is 28.8 Å². The number of ether oxygens (including phenoxy) is 2. The first-order valence-corrected chi connectivity index (χ1v) is 11.2. The third-order valence-electron chi connectivity index (χ3n) is 5.60. The van der Waals surface area contributed by atoms with Gasteiger partial charge in [0.15, 0.2) is 11.5 Å². The van der Waals surface area contributed by atoms with E-state index in [1.54, 1.807) is 44.6 Å². The van der Waals surface area contributed by atoms with Gasteiger partial charge in [-0.3, -0.25) is 9.59 Å². The first kappa shape index (κ1) is 23.6. The average Bonchev–Trinajstić information content (AvgIpc) is 3.31. The topological polar surface area (TPSA) is 92.5 Å². The molecule has 2 amide bonds. The molecule has 3 N–H and O–H groups in total. The molecule has 178 valence electrons. The molecule has 0 spiro atoms. The van der Waals surface area contributed by atoms with Crippen molar-refractivity contribution in [1.82, 2.24) is 15.6 Å². The summed E-state index contributed by atoms with van der Waals surface area (Å²) in [5.74, 6) is 0.547. The molecule has 3 aromatic carbocycles. The second-order valence-corrected chi connectivity index (χ2v) is 7.86. The molecule has 0 aliphatic heterocycles. The quantitative estimate of drug-likeness (QED) is 0.319. The van der Waals surface area contributed by atoms with Gasteiger partial charge in [0.25, 0.3) is 11.8 Å². The number of benzene rings is 3. The zero-order valence-corrected chi connectivity index (χ0v) is 19.6. The lowest BCUT2D eigenvalue weighted by Gasteiger charge is -2.12. The van der Waals surface area contributed by atoms with Gasteiger partial charge in [0, 0.05) is 34.8 Å². The summed E-state index contributed by atoms with van der Waals surface area (Å²) in [6.07, 6.45) is 4.08. The van der Waals surface area contributed by atoms with Crippen LogP contribution in [0.1, 0.15) is 21.5 Å². The molecule has 0 saturated heterocycles. The van der Waals surface area contributed by atoms with E-state index in [0.717, 1.165) is 22.0 Å². The molecule has 0 atom stereocenters. The molecule has 0 fully saturated rings. The Morgan fingerprint density at radius 3 is 2.43 bits per heavy atom. The van der Waals surface area contributed by atoms with Gasteiger partial charge in [0.2, 0.25) is 0 Å². The molecule has 1 aromatic heterocycles. The van der Waals surface area contributed by atoms with Crippen molar-refractivity contribution in [3.8, 4) is 11.5 Å². The summed E-state index contributed by atoms with van der Waals surface area (Å²) in [5, 5.41) is 6.64. The number of carbonyl (C=O) groups is 2. The predicted molar refractivity (Wildman–Crippen MR) is 136 cm³/mol. The second kappa shape index (κ2) is 11.1. The van der Waals surface area contributed by atoms with Crippen molar-refractivity contribution in [2.45, 2.75) is 6.42 Å². The first-order chi connectivity index (χ1) is 17.1. The Balaban J connectivity index is 1.52. The molecule has 7 heteroatoms. The largest absolute Gasteiger partial charge is 0.493 e. The fourth-order valence-corrected chi connectivity index (χ4v) is 3.76. The summed E-state index contributed by atoms with van der Waals surface area (Å²) in [7, 11) is 3.17. The molecule has 0 aliphatic carbocycles. The van der Waals surface area contributed by atoms with Gasteiger partial charge < -0.3 is 25.1 Å². The number of carbonyl (C=O) groups excluding carboxylic acids is 2. The van der Waals surface area contributed by atoms with Crippen LogP contribution in [0.5, 0.6) is 11.5 Å². The van der Waals surface area contributed by atoms with Crippen molar-refractivity contribution in [3.05, 3.63) is 101 Å². The zero-order chi connectivity index (χ0) is 24.6. The molecule has 7 nitrogen and oxygen atoms in total. The van der Waals surface area contributed by atoms with Crippen LogP contribution >= 0.6 is 0 Å². The molecule has 0 aliphatic rings. The van der Waals surface area contributed by atoms with Crippen LogP contribution in [-0.4, -0.2) is 37.6 Å². The number of nitrogens with one attached hydrogen (secondary N) is 3. The monoisotopic (exact) mass is 469 g/mol. The molecular weight excluding hydrogens is 442 g/mol. The van der Waals surface area contributed by atoms with Crippen molar-refractivity contribution in [1.29, 1.82) is 0 Å². The minimum atomic E-state index is -0.375. The van der Waals surface area contributed by atoms with E-state index in [1.807, 2.05) is 54.7 Å². The lowest BCUT2D eigenvalue weighted by atomic mass is 10.1. The maximum atomic E-state index is 13.1. The van der Waals surface area contributed by atoms with Crippen LogP contribution in [0.15, 0.2) is 84.7 Å². The third kappa shape index (κ3) is 5.70. The molecule has 0 bridgehead atoms. The van der Waals surface area contributed by atoms with Crippen LogP contribution in [0.3, 0.4) is 0 Å². The number of hydrogen-bond acceptors (Lipinski definition) is 4. The molecule has 0 saturated carbocycles. The highest BCUT2D eigenvalue weighted by Gasteiger charge is 2.15. The summed E-state index contributed by atoms with van der Waals surface area (Å²) >= 11 is 0. The fourth-order valence-electron chi connectivity index (χ4n) is 3.76. The standard InChI is InChI=1S/C28H27N3O4/c1-34-25-13-12-19(16-26(25)35-2)14-15-29-28(33)24(31-27(32)20-8-4-3-5-9-20)17-21-18-30-23-11-7-6-10-22(21)23/h3-13,16-18,30H,14-15H2,1-2H3,(H,29,33)(H,31,32)/b24-17-. The SMILES string of the molecule is COc1ccc(CCNC(=O)/C(=C/c2c[nH]c3ccccc23)NC(=O)c2ccccc2)cc1OC. The van der Waals surface area contributed by atoms with E-state index in [0.29, 0.717) is 30.0 Å². The van der Waals surface area contributed by atoms with Crippen LogP contribution < -0.4 is 20.1 Å². The summed E-state index contributed by atoms with van der Waals surface area (Å²) in [6, 6.07) is 22.2. The highest BCUT2D eigenvalue weighted by molar-refractivity contribution is 6.06. The van der Waals surface area contributed by atoms with E-state index < -0.39 is 0 Å². The molecular formula is C28H27N3O4. The molecule has 4 aromatic rings. The number of hydrogen-bond donors (Lipinski definition) is 3. The smallest absolute Gasteiger partial charge is 0.267 e. The summed E-state index contributed by atoms with van der Waals surface area (Å²) < 4.78 is 10.6. The van der Waals surface area contributed by atoms with Gasteiger partial charge in [-0.15, -0.1) is 0 Å². The van der Waals surface area contributed by atoms with Gasteiger partial charge in [-0.2, -0.15) is 0 Å². The van der Waals surface area contributed by atoms with E-state index in [-0.39, 0.29) is 17.5 Å². The Labute approximate surface area is 203 Å². The lowest BCUT2D eigenvalue weighted by molar-refractivity contribution is -0.117. The van der Waals surface area contributed by atoms with Gasteiger partial charge in [0.05, 0.1) is 14.2 Å². The maximum absolute atomic E-state index is 13.1. The van der Waals surface area contributed by atoms with Gasteiger partial charge in [-0.25, -0.2) is 0 Å². The van der Waals surface area contributed by atoms with Gasteiger partial charge in [0.1, 0.15) is 5.70 Å². The zero-order valence-electron chi connectivity index (χ0n) is 19.6. The minimum Gasteiger partial charge on any atom is -0.493 e. The van der Waals surface area contributed by atoms with E-state index in [1.165, 1.54) is 0 Å². The molecule has 1 heterocycles. The van der Waals surface area contributed by atoms with Gasteiger partial charge >= 0.3 is 0 Å². The number of H-pyrrole nitrogens is 1. The lowest BCUT2D eigenvalue weighted by Crippen LogP contribution is -2.35. The minimum absolute atomic E-state index is 0.163. The number of methoxy groups -OCH3 is 2. The maximum Gasteiger partial charge on any atom is 0.267 e. The summed E-state index contributed by atoms with van der Waals surface area (Å²) in [4.78, 5) is 29.1. The average molecular weight is 470 g/mol. The van der Waals surface area contributed by atoms with Gasteiger partial charge in [-0.1, -0.05) is 42.5 Å². The Kier molecular flexibility index (Phi) is 7.47. The summed E-state index contributed by atoms with van der Waals surface area (Å²) in [5.41, 5.74) is 3.37. The van der Waals surface area contributed by atoms with Crippen LogP contribution in [-0.2, 0) is 11.2 Å². The molecule has 0 radical (unpaired) electrons. The van der Waals surface area contributed by atoms with E-state index in [4.69, 9.17) is 9.47 Å². The molecule has 0 unspecified atom stereocenters. The van der Waals surface area contributed by atoms with Crippen molar-refractivity contribution in [2.75, 3.05) is 20.8 Å². The van der Waals surface area contributed by atoms with E-state index in [2.05, 4.69) is 15.6 Å². The third-order valence-corrected chi connectivity index (χ3v) is 5.60.